The second-order valence-corrected chi connectivity index (χ2v) is 7.57. The number of rotatable bonds is 8. The van der Waals surface area contributed by atoms with Crippen LogP contribution in [0, 0.1) is 5.92 Å². The fourth-order valence-electron chi connectivity index (χ4n) is 1.69. The van der Waals surface area contributed by atoms with Crippen molar-refractivity contribution >= 4 is 28.5 Å². The van der Waals surface area contributed by atoms with Gasteiger partial charge in [-0.2, -0.15) is 0 Å². The summed E-state index contributed by atoms with van der Waals surface area (Å²) in [5.41, 5.74) is 0. The molecule has 4 heteroatoms. The van der Waals surface area contributed by atoms with Gasteiger partial charge in [0.25, 0.3) is 0 Å². The maximum absolute atomic E-state index is 11.5. The van der Waals surface area contributed by atoms with E-state index in [1.165, 1.54) is 0 Å². The van der Waals surface area contributed by atoms with Crippen LogP contribution in [0.25, 0.3) is 0 Å². The smallest absolute Gasteiger partial charge is 0.220 e. The van der Waals surface area contributed by atoms with Crippen molar-refractivity contribution in [1.82, 2.24) is 5.32 Å². The van der Waals surface area contributed by atoms with Crippen LogP contribution in [0.15, 0.2) is 0 Å². The van der Waals surface area contributed by atoms with Gasteiger partial charge in [0.05, 0.1) is 0 Å². The molecule has 0 aromatic rings. The summed E-state index contributed by atoms with van der Waals surface area (Å²) in [6.45, 7) is 7.45. The van der Waals surface area contributed by atoms with Crippen LogP contribution >= 0.6 is 22.6 Å². The van der Waals surface area contributed by atoms with E-state index in [0.29, 0.717) is 18.8 Å². The number of nitrogens with one attached hydrogen (secondary N) is 1. The van der Waals surface area contributed by atoms with Gasteiger partial charge < -0.3 is 10.4 Å². The van der Waals surface area contributed by atoms with Crippen molar-refractivity contribution in [3.05, 3.63) is 0 Å². The molecule has 1 amide bonds. The summed E-state index contributed by atoms with van der Waals surface area (Å²) in [4.78, 5) is 11.5. The molecule has 0 aliphatic rings. The maximum Gasteiger partial charge on any atom is 0.220 e. The summed E-state index contributed by atoms with van der Waals surface area (Å²) < 4.78 is 0.137. The van der Waals surface area contributed by atoms with E-state index in [4.69, 9.17) is 5.11 Å². The van der Waals surface area contributed by atoms with Crippen molar-refractivity contribution in [1.29, 1.82) is 0 Å². The first-order valence-electron chi connectivity index (χ1n) is 5.94. The first-order valence-corrected chi connectivity index (χ1v) is 7.02. The van der Waals surface area contributed by atoms with Crippen LogP contribution in [0.1, 0.15) is 46.5 Å². The predicted molar refractivity (Wildman–Crippen MR) is 75.8 cm³/mol. The average molecular weight is 341 g/mol. The van der Waals surface area contributed by atoms with Gasteiger partial charge in [-0.15, -0.1) is 0 Å². The second kappa shape index (κ2) is 8.28. The third kappa shape index (κ3) is 9.39. The van der Waals surface area contributed by atoms with E-state index in [1.54, 1.807) is 0 Å². The molecule has 0 bridgehead atoms. The van der Waals surface area contributed by atoms with Gasteiger partial charge >= 0.3 is 0 Å². The van der Waals surface area contributed by atoms with Gasteiger partial charge in [0, 0.05) is 23.0 Å². The third-order valence-corrected chi connectivity index (χ3v) is 3.12. The molecule has 0 rings (SSSR count). The fourth-order valence-corrected chi connectivity index (χ4v) is 2.76. The van der Waals surface area contributed by atoms with Crippen LogP contribution in [-0.2, 0) is 4.79 Å². The van der Waals surface area contributed by atoms with Gasteiger partial charge in [0.1, 0.15) is 0 Å². The van der Waals surface area contributed by atoms with Gasteiger partial charge in [0.15, 0.2) is 0 Å². The third-order valence-electron chi connectivity index (χ3n) is 2.30. The van der Waals surface area contributed by atoms with E-state index in [-0.39, 0.29) is 15.9 Å². The van der Waals surface area contributed by atoms with Crippen molar-refractivity contribution in [3.8, 4) is 0 Å². The molecule has 3 nitrogen and oxygen atoms in total. The van der Waals surface area contributed by atoms with Crippen molar-refractivity contribution in [2.24, 2.45) is 5.92 Å². The topological polar surface area (TPSA) is 49.3 Å². The van der Waals surface area contributed by atoms with Gasteiger partial charge in [-0.25, -0.2) is 0 Å². The Labute approximate surface area is 113 Å². The molecule has 0 aliphatic carbocycles. The van der Waals surface area contributed by atoms with Crippen LogP contribution < -0.4 is 5.32 Å². The molecule has 0 saturated heterocycles. The summed E-state index contributed by atoms with van der Waals surface area (Å²) in [6, 6.07) is 0. The molecule has 0 aromatic heterocycles. The van der Waals surface area contributed by atoms with Crippen molar-refractivity contribution in [2.45, 2.75) is 49.9 Å². The van der Waals surface area contributed by atoms with Crippen molar-refractivity contribution in [3.63, 3.8) is 0 Å². The normalized spacial score (nSPS) is 14.9. The highest BCUT2D eigenvalue weighted by molar-refractivity contribution is 14.1. The number of carbonyl (C=O) groups excluding carboxylic acids is 1. The zero-order chi connectivity index (χ0) is 12.6. The minimum absolute atomic E-state index is 0.0973. The van der Waals surface area contributed by atoms with E-state index in [9.17, 15) is 4.79 Å². The zero-order valence-corrected chi connectivity index (χ0v) is 12.7. The molecule has 0 heterocycles. The highest BCUT2D eigenvalue weighted by Crippen LogP contribution is 2.25. The Morgan fingerprint density at radius 1 is 1.44 bits per heavy atom. The number of aliphatic hydroxyl groups is 1. The fraction of sp³-hybridized carbons (Fsp3) is 0.917. The Morgan fingerprint density at radius 2 is 2.06 bits per heavy atom. The van der Waals surface area contributed by atoms with E-state index >= 15 is 0 Å². The summed E-state index contributed by atoms with van der Waals surface area (Å²) in [5, 5.41) is 11.6. The van der Waals surface area contributed by atoms with Gasteiger partial charge in [0.2, 0.25) is 5.91 Å². The lowest BCUT2D eigenvalue weighted by Crippen LogP contribution is -2.37. The van der Waals surface area contributed by atoms with Crippen LogP contribution in [-0.4, -0.2) is 27.6 Å². The molecular formula is C12H24INO2. The quantitative estimate of drug-likeness (QED) is 0.405. The van der Waals surface area contributed by atoms with Gasteiger partial charge in [-0.05, 0) is 32.1 Å². The largest absolute Gasteiger partial charge is 0.396 e. The first-order chi connectivity index (χ1) is 7.37. The van der Waals surface area contributed by atoms with Gasteiger partial charge in [-0.3, -0.25) is 4.79 Å². The number of alkyl halides is 1. The van der Waals surface area contributed by atoms with Crippen molar-refractivity contribution < 1.29 is 9.90 Å². The standard InChI is InChI=1S/C12H24INO2/c1-10(2)8-12(3,13)9-14-11(16)6-4-5-7-15/h10,15H,4-9H2,1-3H3,(H,14,16). The van der Waals surface area contributed by atoms with Crippen molar-refractivity contribution in [2.75, 3.05) is 13.2 Å². The predicted octanol–water partition coefficient (Wildman–Crippen LogP) is 2.51. The number of carbonyl (C=O) groups is 1. The number of unbranched alkanes of at least 4 members (excludes halogenated alkanes) is 1. The number of halogens is 1. The number of hydrogen-bond acceptors (Lipinski definition) is 2. The molecular weight excluding hydrogens is 317 g/mol. The van der Waals surface area contributed by atoms with Crippen LogP contribution in [0.4, 0.5) is 0 Å². The zero-order valence-electron chi connectivity index (χ0n) is 10.6. The van der Waals surface area contributed by atoms with E-state index in [0.717, 1.165) is 19.4 Å². The first kappa shape index (κ1) is 16.2. The Hall–Kier alpha value is 0.160. The SMILES string of the molecule is CC(C)CC(C)(I)CNC(=O)CCCCO. The highest BCUT2D eigenvalue weighted by atomic mass is 127. The molecule has 0 aliphatic heterocycles. The molecule has 0 spiro atoms. The maximum atomic E-state index is 11.5. The van der Waals surface area contributed by atoms with E-state index in [2.05, 4.69) is 48.7 Å². The molecule has 0 radical (unpaired) electrons. The molecule has 16 heavy (non-hydrogen) atoms. The lowest BCUT2D eigenvalue weighted by molar-refractivity contribution is -0.121. The number of amides is 1. The monoisotopic (exact) mass is 341 g/mol. The lowest BCUT2D eigenvalue weighted by Gasteiger charge is -2.25. The molecule has 1 atom stereocenters. The Bertz CT molecular complexity index is 205. The molecule has 2 N–H and O–H groups in total. The molecule has 0 fully saturated rings. The van der Waals surface area contributed by atoms with Crippen LogP contribution in [0.3, 0.4) is 0 Å². The van der Waals surface area contributed by atoms with E-state index in [1.807, 2.05) is 0 Å². The van der Waals surface area contributed by atoms with E-state index < -0.39 is 0 Å². The Kier molecular flexibility index (Phi) is 8.36. The second-order valence-electron chi connectivity index (χ2n) is 4.97. The Morgan fingerprint density at radius 3 is 2.56 bits per heavy atom. The van der Waals surface area contributed by atoms with Crippen LogP contribution in [0.2, 0.25) is 0 Å². The highest BCUT2D eigenvalue weighted by Gasteiger charge is 2.21. The minimum Gasteiger partial charge on any atom is -0.396 e. The molecule has 96 valence electrons. The summed E-state index contributed by atoms with van der Waals surface area (Å²) >= 11 is 2.41. The summed E-state index contributed by atoms with van der Waals surface area (Å²) in [6.07, 6.45) is 3.10. The average Bonchev–Trinajstić information content (AvgIpc) is 2.13. The minimum atomic E-state index is 0.0973. The summed E-state index contributed by atoms with van der Waals surface area (Å²) in [7, 11) is 0. The van der Waals surface area contributed by atoms with Crippen LogP contribution in [0.5, 0.6) is 0 Å². The number of hydrogen-bond donors (Lipinski definition) is 2. The Balaban J connectivity index is 3.72. The molecule has 0 aromatic carbocycles. The molecule has 0 saturated carbocycles. The number of aliphatic hydroxyl groups excluding tert-OH is 1. The molecule has 1 unspecified atom stereocenters. The lowest BCUT2D eigenvalue weighted by atomic mass is 9.99. The van der Waals surface area contributed by atoms with Gasteiger partial charge in [-0.1, -0.05) is 36.4 Å². The summed E-state index contributed by atoms with van der Waals surface area (Å²) in [5.74, 6) is 0.744.